The summed E-state index contributed by atoms with van der Waals surface area (Å²) >= 11 is 18.6. The summed E-state index contributed by atoms with van der Waals surface area (Å²) in [6.45, 7) is 0. The summed E-state index contributed by atoms with van der Waals surface area (Å²) < 4.78 is 0. The van der Waals surface area contributed by atoms with E-state index in [0.717, 1.165) is 5.56 Å². The number of benzodiazepines with no additional fused rings is 1. The molecule has 0 fully saturated rings. The molecule has 9 nitrogen and oxygen atoms in total. The molecule has 1 unspecified atom stereocenters. The first kappa shape index (κ1) is 25.5. The number of fused-ring (bicyclic) bond motifs is 1. The molecule has 1 aliphatic rings. The Hall–Kier alpha value is -4.18. The number of aromatic amines is 1. The molecular weight excluding hydrogens is 551 g/mol. The van der Waals surface area contributed by atoms with Gasteiger partial charge in [0.15, 0.2) is 5.82 Å². The van der Waals surface area contributed by atoms with Gasteiger partial charge < -0.3 is 16.0 Å². The van der Waals surface area contributed by atoms with Gasteiger partial charge in [-0.05, 0) is 30.3 Å². The highest BCUT2D eigenvalue weighted by Gasteiger charge is 2.29. The van der Waals surface area contributed by atoms with Crippen LogP contribution < -0.4 is 16.0 Å². The maximum Gasteiger partial charge on any atom is 0.272 e. The Morgan fingerprint density at radius 2 is 1.63 bits per heavy atom. The molecule has 1 atom stereocenters. The van der Waals surface area contributed by atoms with E-state index in [1.165, 1.54) is 6.07 Å². The molecule has 5 rings (SSSR count). The summed E-state index contributed by atoms with van der Waals surface area (Å²) in [5.74, 6) is -1.98. The van der Waals surface area contributed by atoms with Gasteiger partial charge in [0.2, 0.25) is 6.17 Å². The van der Waals surface area contributed by atoms with Gasteiger partial charge in [-0.1, -0.05) is 77.3 Å². The highest BCUT2D eigenvalue weighted by molar-refractivity contribution is 6.37. The van der Waals surface area contributed by atoms with E-state index in [1.807, 2.05) is 30.3 Å². The van der Waals surface area contributed by atoms with Gasteiger partial charge in [0.1, 0.15) is 10.7 Å². The molecular formula is C26H17Cl3N6O3. The first-order chi connectivity index (χ1) is 18.3. The SMILES string of the molecule is O=C(Nc1n[nH]c(C(=O)NC2N=C(c3ccccc3)c3cc(Cl)ccc3NC2=O)c1Cl)c1ccccc1Cl. The number of carbonyl (C=O) groups is 3. The highest BCUT2D eigenvalue weighted by Crippen LogP contribution is 2.28. The van der Waals surface area contributed by atoms with Crippen molar-refractivity contribution in [1.29, 1.82) is 0 Å². The van der Waals surface area contributed by atoms with Crippen molar-refractivity contribution in [3.05, 3.63) is 110 Å². The third-order valence-corrected chi connectivity index (χ3v) is 6.53. The third-order valence-electron chi connectivity index (χ3n) is 5.60. The van der Waals surface area contributed by atoms with Crippen LogP contribution in [0.25, 0.3) is 0 Å². The second-order valence-electron chi connectivity index (χ2n) is 8.09. The maximum atomic E-state index is 13.1. The Morgan fingerprint density at radius 1 is 0.895 bits per heavy atom. The van der Waals surface area contributed by atoms with Gasteiger partial charge in [-0.3, -0.25) is 19.5 Å². The summed E-state index contributed by atoms with van der Waals surface area (Å²) in [6, 6.07) is 20.6. The number of aromatic nitrogens is 2. The number of hydrogen-bond acceptors (Lipinski definition) is 5. The zero-order valence-corrected chi connectivity index (χ0v) is 21.5. The Bertz CT molecular complexity index is 1600. The number of anilines is 2. The van der Waals surface area contributed by atoms with Crippen molar-refractivity contribution in [3.8, 4) is 0 Å². The minimum Gasteiger partial charge on any atom is -0.322 e. The van der Waals surface area contributed by atoms with Crippen molar-refractivity contribution in [2.75, 3.05) is 10.6 Å². The van der Waals surface area contributed by atoms with Gasteiger partial charge in [0, 0.05) is 16.1 Å². The number of rotatable bonds is 5. The number of H-pyrrole nitrogens is 1. The van der Waals surface area contributed by atoms with Gasteiger partial charge in [0.25, 0.3) is 17.7 Å². The van der Waals surface area contributed by atoms with Gasteiger partial charge in [-0.15, -0.1) is 0 Å². The molecule has 0 spiro atoms. The molecule has 0 saturated heterocycles. The maximum absolute atomic E-state index is 13.1. The molecule has 0 radical (unpaired) electrons. The lowest BCUT2D eigenvalue weighted by atomic mass is 10.0. The largest absolute Gasteiger partial charge is 0.322 e. The molecule has 3 aromatic carbocycles. The summed E-state index contributed by atoms with van der Waals surface area (Å²) in [5, 5.41) is 14.8. The van der Waals surface area contributed by atoms with E-state index < -0.39 is 23.9 Å². The van der Waals surface area contributed by atoms with Crippen molar-refractivity contribution in [3.63, 3.8) is 0 Å². The number of nitrogens with zero attached hydrogens (tertiary/aromatic N) is 2. The van der Waals surface area contributed by atoms with Crippen molar-refractivity contribution in [1.82, 2.24) is 15.5 Å². The number of amides is 3. The van der Waals surface area contributed by atoms with Crippen LogP contribution in [0.3, 0.4) is 0 Å². The van der Waals surface area contributed by atoms with Crippen LogP contribution in [0, 0.1) is 0 Å². The van der Waals surface area contributed by atoms with Crippen molar-refractivity contribution >= 4 is 69.7 Å². The standard InChI is InChI=1S/C26H17Cl3N6O3/c27-14-10-11-18-16(12-14)20(13-6-2-1-3-7-13)31-23(26(38)30-18)33-25(37)21-19(29)22(35-34-21)32-24(36)15-8-4-5-9-17(15)28/h1-12,23H,(H,30,38)(H,33,37)(H2,32,34,35,36). The molecule has 0 aliphatic carbocycles. The Kier molecular flexibility index (Phi) is 7.15. The number of aliphatic imine (C=N–C) groups is 1. The van der Waals surface area contributed by atoms with E-state index in [9.17, 15) is 14.4 Å². The van der Waals surface area contributed by atoms with Crippen LogP contribution in [-0.4, -0.2) is 39.8 Å². The van der Waals surface area contributed by atoms with E-state index in [-0.39, 0.29) is 27.1 Å². The molecule has 3 amide bonds. The Morgan fingerprint density at radius 3 is 2.39 bits per heavy atom. The zero-order chi connectivity index (χ0) is 26.8. The third kappa shape index (κ3) is 5.12. The van der Waals surface area contributed by atoms with Crippen molar-refractivity contribution in [2.45, 2.75) is 6.17 Å². The molecule has 190 valence electrons. The number of benzene rings is 3. The van der Waals surface area contributed by atoms with Gasteiger partial charge >= 0.3 is 0 Å². The van der Waals surface area contributed by atoms with Crippen LogP contribution in [0.5, 0.6) is 0 Å². The molecule has 4 N–H and O–H groups in total. The van der Waals surface area contributed by atoms with Crippen molar-refractivity contribution in [2.24, 2.45) is 4.99 Å². The number of hydrogen-bond donors (Lipinski definition) is 4. The fourth-order valence-corrected chi connectivity index (χ4v) is 4.39. The van der Waals surface area contributed by atoms with Gasteiger partial charge in [-0.2, -0.15) is 5.10 Å². The Balaban J connectivity index is 1.42. The lowest BCUT2D eigenvalue weighted by molar-refractivity contribution is -0.117. The average molecular weight is 568 g/mol. The molecule has 12 heteroatoms. The topological polar surface area (TPSA) is 128 Å². The first-order valence-corrected chi connectivity index (χ1v) is 12.3. The number of halogens is 3. The predicted molar refractivity (Wildman–Crippen MR) is 146 cm³/mol. The molecule has 0 bridgehead atoms. The normalized spacial score (nSPS) is 14.6. The van der Waals surface area contributed by atoms with Gasteiger partial charge in [-0.25, -0.2) is 4.99 Å². The molecule has 38 heavy (non-hydrogen) atoms. The van der Waals surface area contributed by atoms with Crippen LogP contribution in [0.2, 0.25) is 15.1 Å². The second-order valence-corrected chi connectivity index (χ2v) is 9.32. The van der Waals surface area contributed by atoms with Crippen LogP contribution in [0.4, 0.5) is 11.5 Å². The number of carbonyl (C=O) groups excluding carboxylic acids is 3. The van der Waals surface area contributed by atoms with Crippen LogP contribution in [0.1, 0.15) is 32.0 Å². The predicted octanol–water partition coefficient (Wildman–Crippen LogP) is 5.17. The molecule has 1 aromatic heterocycles. The average Bonchev–Trinajstić information content (AvgIpc) is 3.21. The van der Waals surface area contributed by atoms with Crippen LogP contribution in [0.15, 0.2) is 77.8 Å². The van der Waals surface area contributed by atoms with Crippen molar-refractivity contribution < 1.29 is 14.4 Å². The summed E-state index contributed by atoms with van der Waals surface area (Å²) in [6.07, 6.45) is -1.32. The molecule has 0 saturated carbocycles. The van der Waals surface area contributed by atoms with E-state index in [4.69, 9.17) is 34.8 Å². The van der Waals surface area contributed by atoms with E-state index in [2.05, 4.69) is 31.1 Å². The van der Waals surface area contributed by atoms with Gasteiger partial charge in [0.05, 0.1) is 22.0 Å². The summed E-state index contributed by atoms with van der Waals surface area (Å²) in [4.78, 5) is 43.3. The second kappa shape index (κ2) is 10.7. The summed E-state index contributed by atoms with van der Waals surface area (Å²) in [7, 11) is 0. The number of nitrogens with one attached hydrogen (secondary N) is 4. The zero-order valence-electron chi connectivity index (χ0n) is 19.3. The lowest BCUT2D eigenvalue weighted by Gasteiger charge is -2.13. The molecule has 4 aromatic rings. The van der Waals surface area contributed by atoms with Crippen LogP contribution >= 0.6 is 34.8 Å². The quantitative estimate of drug-likeness (QED) is 0.265. The molecule has 1 aliphatic heterocycles. The Labute approximate surface area is 231 Å². The monoisotopic (exact) mass is 566 g/mol. The fraction of sp³-hybridized carbons (Fsp3) is 0.0385. The lowest BCUT2D eigenvalue weighted by Crippen LogP contribution is -2.42. The first-order valence-electron chi connectivity index (χ1n) is 11.2. The fourth-order valence-electron chi connectivity index (χ4n) is 3.78. The minimum absolute atomic E-state index is 0.0809. The smallest absolute Gasteiger partial charge is 0.272 e. The van der Waals surface area contributed by atoms with E-state index in [0.29, 0.717) is 22.0 Å². The minimum atomic E-state index is -1.32. The van der Waals surface area contributed by atoms with E-state index in [1.54, 1.807) is 36.4 Å². The van der Waals surface area contributed by atoms with E-state index >= 15 is 0 Å². The molecule has 2 heterocycles. The summed E-state index contributed by atoms with van der Waals surface area (Å²) in [5.41, 5.74) is 2.29. The highest BCUT2D eigenvalue weighted by atomic mass is 35.5. The van der Waals surface area contributed by atoms with Crippen LogP contribution in [-0.2, 0) is 4.79 Å².